The highest BCUT2D eigenvalue weighted by molar-refractivity contribution is 7.16. The first-order chi connectivity index (χ1) is 12.2. The van der Waals surface area contributed by atoms with Gasteiger partial charge in [0.15, 0.2) is 8.07 Å². The second kappa shape index (κ2) is 7.67. The van der Waals surface area contributed by atoms with Gasteiger partial charge in [0.1, 0.15) is 0 Å². The quantitative estimate of drug-likeness (QED) is 0.479. The van der Waals surface area contributed by atoms with Crippen molar-refractivity contribution in [3.05, 3.63) is 102 Å². The second-order valence-electron chi connectivity index (χ2n) is 6.94. The molecule has 0 atom stereocenters. The Morgan fingerprint density at radius 2 is 0.960 bits per heavy atom. The normalized spacial score (nSPS) is 12.4. The molecule has 3 rings (SSSR count). The smallest absolute Gasteiger partial charge is 0.0859 e. The number of hydrogen-bond acceptors (Lipinski definition) is 0. The van der Waals surface area contributed by atoms with Crippen LogP contribution in [0.3, 0.4) is 0 Å². The molecule has 0 N–H and O–H groups in total. The average molecular weight is 343 g/mol. The van der Waals surface area contributed by atoms with Crippen LogP contribution in [0.25, 0.3) is 0 Å². The van der Waals surface area contributed by atoms with Crippen molar-refractivity contribution >= 4 is 23.6 Å². The molecule has 126 valence electrons. The molecule has 0 nitrogen and oxygen atoms in total. The van der Waals surface area contributed by atoms with Crippen molar-refractivity contribution in [3.8, 4) is 0 Å². The topological polar surface area (TPSA) is 0 Å². The minimum absolute atomic E-state index is 0.531. The van der Waals surface area contributed by atoms with Gasteiger partial charge in [-0.15, -0.1) is 0 Å². The minimum Gasteiger partial charge on any atom is -0.0859 e. The van der Waals surface area contributed by atoms with E-state index >= 15 is 0 Å². The Hall–Kier alpha value is -2.38. The van der Waals surface area contributed by atoms with Crippen molar-refractivity contribution < 1.29 is 0 Å². The maximum Gasteiger partial charge on any atom is 0.175 e. The van der Waals surface area contributed by atoms with E-state index in [1.807, 2.05) is 0 Å². The Kier molecular flexibility index (Phi) is 5.35. The Bertz CT molecular complexity index is 721. The van der Waals surface area contributed by atoms with E-state index < -0.39 is 8.07 Å². The summed E-state index contributed by atoms with van der Waals surface area (Å²) in [7, 11) is -2.23. The highest BCUT2D eigenvalue weighted by Crippen LogP contribution is 2.18. The first-order valence-electron chi connectivity index (χ1n) is 9.01. The lowest BCUT2D eigenvalue weighted by molar-refractivity contribution is 0.827. The maximum absolute atomic E-state index is 2.46. The van der Waals surface area contributed by atoms with Crippen LogP contribution in [0.1, 0.15) is 20.8 Å². The standard InChI is InChI=1S/C24H26Si/c1-20(2)19-21(3)25(22-13-7-4-8-14-22,23-15-9-5-10-16-23)24-17-11-6-12-18-24/h4-20H,1-3H3/b21-19+. The number of rotatable bonds is 5. The molecule has 0 amide bonds. The molecule has 0 fully saturated rings. The third kappa shape index (κ3) is 3.38. The van der Waals surface area contributed by atoms with Crippen LogP contribution in [0.5, 0.6) is 0 Å². The molecule has 0 spiro atoms. The highest BCUT2D eigenvalue weighted by atomic mass is 28.3. The molecular formula is C24H26Si. The summed E-state index contributed by atoms with van der Waals surface area (Å²) in [6.45, 7) is 6.87. The lowest BCUT2D eigenvalue weighted by Gasteiger charge is -2.35. The van der Waals surface area contributed by atoms with E-state index in [9.17, 15) is 0 Å². The first kappa shape index (κ1) is 17.4. The summed E-state index contributed by atoms with van der Waals surface area (Å²) in [5.74, 6) is 0.531. The van der Waals surface area contributed by atoms with Gasteiger partial charge in [-0.2, -0.15) is 0 Å². The van der Waals surface area contributed by atoms with Gasteiger partial charge in [-0.1, -0.05) is 116 Å². The Morgan fingerprint density at radius 1 is 0.640 bits per heavy atom. The van der Waals surface area contributed by atoms with Gasteiger partial charge < -0.3 is 0 Å². The van der Waals surface area contributed by atoms with E-state index in [1.54, 1.807) is 0 Å². The molecular weight excluding hydrogens is 316 g/mol. The fourth-order valence-corrected chi connectivity index (χ4v) is 8.90. The zero-order chi connectivity index (χ0) is 17.7. The molecule has 0 aliphatic rings. The fourth-order valence-electron chi connectivity index (χ4n) is 3.87. The summed E-state index contributed by atoms with van der Waals surface area (Å²) < 4.78 is 0. The molecule has 3 aromatic carbocycles. The third-order valence-electron chi connectivity index (χ3n) is 4.80. The third-order valence-corrected chi connectivity index (χ3v) is 9.74. The molecule has 1 heteroatoms. The lowest BCUT2D eigenvalue weighted by Crippen LogP contribution is -2.68. The van der Waals surface area contributed by atoms with Gasteiger partial charge in [0, 0.05) is 0 Å². The summed E-state index contributed by atoms with van der Waals surface area (Å²) in [5.41, 5.74) is 0. The van der Waals surface area contributed by atoms with Gasteiger partial charge in [-0.3, -0.25) is 0 Å². The fraction of sp³-hybridized carbons (Fsp3) is 0.167. The van der Waals surface area contributed by atoms with E-state index in [4.69, 9.17) is 0 Å². The van der Waals surface area contributed by atoms with Crippen molar-refractivity contribution in [2.24, 2.45) is 5.92 Å². The molecule has 3 aromatic rings. The lowest BCUT2D eigenvalue weighted by atomic mass is 10.2. The van der Waals surface area contributed by atoms with Gasteiger partial charge in [0.25, 0.3) is 0 Å². The van der Waals surface area contributed by atoms with E-state index in [-0.39, 0.29) is 0 Å². The zero-order valence-corrected chi connectivity index (χ0v) is 16.3. The molecule has 0 aliphatic carbocycles. The Labute approximate surface area is 152 Å². The second-order valence-corrected chi connectivity index (χ2v) is 11.0. The van der Waals surface area contributed by atoms with Gasteiger partial charge in [-0.05, 0) is 28.4 Å². The number of allylic oxidation sites excluding steroid dienone is 2. The van der Waals surface area contributed by atoms with Crippen molar-refractivity contribution in [2.45, 2.75) is 20.8 Å². The minimum atomic E-state index is -2.23. The average Bonchev–Trinajstić information content (AvgIpc) is 2.64. The molecule has 0 aliphatic heterocycles. The highest BCUT2D eigenvalue weighted by Gasteiger charge is 2.40. The molecule has 0 aromatic heterocycles. The SMILES string of the molecule is C/C(=C\C(C)C)[Si](c1ccccc1)(c1ccccc1)c1ccccc1. The van der Waals surface area contributed by atoms with Crippen LogP contribution in [-0.2, 0) is 0 Å². The van der Waals surface area contributed by atoms with Crippen LogP contribution >= 0.6 is 0 Å². The monoisotopic (exact) mass is 342 g/mol. The number of benzene rings is 3. The summed E-state index contributed by atoms with van der Waals surface area (Å²) in [5, 5.41) is 5.84. The zero-order valence-electron chi connectivity index (χ0n) is 15.3. The molecule has 0 heterocycles. The van der Waals surface area contributed by atoms with Crippen LogP contribution < -0.4 is 15.6 Å². The maximum atomic E-state index is 2.46. The van der Waals surface area contributed by atoms with Gasteiger partial charge in [-0.25, -0.2) is 0 Å². The van der Waals surface area contributed by atoms with Gasteiger partial charge in [0.2, 0.25) is 0 Å². The van der Waals surface area contributed by atoms with E-state index in [0.717, 1.165) is 0 Å². The van der Waals surface area contributed by atoms with Crippen LogP contribution in [0.15, 0.2) is 102 Å². The Balaban J connectivity index is 2.40. The number of hydrogen-bond donors (Lipinski definition) is 0. The van der Waals surface area contributed by atoms with Crippen LogP contribution in [0.4, 0.5) is 0 Å². The molecule has 0 saturated heterocycles. The van der Waals surface area contributed by atoms with E-state index in [0.29, 0.717) is 5.92 Å². The largest absolute Gasteiger partial charge is 0.175 e. The Morgan fingerprint density at radius 3 is 1.24 bits per heavy atom. The molecule has 0 radical (unpaired) electrons. The van der Waals surface area contributed by atoms with Crippen LogP contribution in [0, 0.1) is 5.92 Å². The summed E-state index contributed by atoms with van der Waals surface area (Å²) in [4.78, 5) is 0. The van der Waals surface area contributed by atoms with Gasteiger partial charge >= 0.3 is 0 Å². The van der Waals surface area contributed by atoms with E-state index in [1.165, 1.54) is 20.8 Å². The van der Waals surface area contributed by atoms with Crippen molar-refractivity contribution in [1.82, 2.24) is 0 Å². The molecule has 0 bridgehead atoms. The summed E-state index contributed by atoms with van der Waals surface area (Å²) in [6.07, 6.45) is 2.46. The molecule has 0 unspecified atom stereocenters. The first-order valence-corrected chi connectivity index (χ1v) is 11.0. The predicted molar refractivity (Wildman–Crippen MR) is 113 cm³/mol. The predicted octanol–water partition coefficient (Wildman–Crippen LogP) is 4.30. The van der Waals surface area contributed by atoms with Crippen LogP contribution in [-0.4, -0.2) is 8.07 Å². The van der Waals surface area contributed by atoms with Gasteiger partial charge in [0.05, 0.1) is 0 Å². The summed E-state index contributed by atoms with van der Waals surface area (Å²) >= 11 is 0. The molecule has 25 heavy (non-hydrogen) atoms. The molecule has 0 saturated carbocycles. The van der Waals surface area contributed by atoms with Crippen molar-refractivity contribution in [1.29, 1.82) is 0 Å². The van der Waals surface area contributed by atoms with Crippen molar-refractivity contribution in [2.75, 3.05) is 0 Å². The van der Waals surface area contributed by atoms with E-state index in [2.05, 4.69) is 118 Å². The van der Waals surface area contributed by atoms with Crippen LogP contribution in [0.2, 0.25) is 0 Å². The summed E-state index contributed by atoms with van der Waals surface area (Å²) in [6, 6.07) is 33.2. The van der Waals surface area contributed by atoms with Crippen molar-refractivity contribution in [3.63, 3.8) is 0 Å².